The number of nitrogens with zero attached hydrogens (tertiary/aromatic N) is 3. The molecule has 0 aliphatic carbocycles. The Hall–Kier alpha value is -2.81. The maximum Gasteiger partial charge on any atom is 0.273 e. The highest BCUT2D eigenvalue weighted by molar-refractivity contribution is 9.10. The van der Waals surface area contributed by atoms with Crippen LogP contribution in [0, 0.1) is 16.0 Å². The average molecular weight is 447 g/mol. The number of pyridine rings is 1. The molecule has 1 fully saturated rings. The second-order valence-corrected chi connectivity index (χ2v) is 7.51. The van der Waals surface area contributed by atoms with Gasteiger partial charge in [-0.05, 0) is 40.9 Å². The van der Waals surface area contributed by atoms with Crippen LogP contribution in [0.1, 0.15) is 18.4 Å². The number of nitro groups is 1. The molecule has 1 saturated heterocycles. The van der Waals surface area contributed by atoms with Gasteiger partial charge in [0.2, 0.25) is 11.8 Å². The van der Waals surface area contributed by atoms with E-state index >= 15 is 0 Å². The molecule has 1 aromatic carbocycles. The van der Waals surface area contributed by atoms with Crippen LogP contribution in [0.3, 0.4) is 0 Å². The molecule has 9 heteroatoms. The minimum atomic E-state index is -0.486. The van der Waals surface area contributed by atoms with Gasteiger partial charge in [-0.3, -0.25) is 19.7 Å². The maximum atomic E-state index is 12.7. The van der Waals surface area contributed by atoms with E-state index in [4.69, 9.17) is 0 Å². The van der Waals surface area contributed by atoms with Gasteiger partial charge in [0, 0.05) is 35.4 Å². The molecule has 0 radical (unpaired) electrons. The zero-order chi connectivity index (χ0) is 20.1. The summed E-state index contributed by atoms with van der Waals surface area (Å²) in [5, 5.41) is 13.9. The minimum absolute atomic E-state index is 0.0558. The summed E-state index contributed by atoms with van der Waals surface area (Å²) >= 11 is 3.29. The van der Waals surface area contributed by atoms with Crippen LogP contribution in [0.4, 0.5) is 11.5 Å². The van der Waals surface area contributed by atoms with Gasteiger partial charge in [-0.15, -0.1) is 0 Å². The van der Waals surface area contributed by atoms with E-state index in [1.54, 1.807) is 41.4 Å². The highest BCUT2D eigenvalue weighted by Crippen LogP contribution is 2.22. The van der Waals surface area contributed by atoms with Crippen molar-refractivity contribution in [2.24, 2.45) is 5.92 Å². The van der Waals surface area contributed by atoms with Gasteiger partial charge < -0.3 is 10.2 Å². The molecule has 2 amide bonds. The first-order valence-corrected chi connectivity index (χ1v) is 9.66. The number of halogens is 1. The lowest BCUT2D eigenvalue weighted by Crippen LogP contribution is -2.44. The second-order valence-electron chi connectivity index (χ2n) is 6.59. The molecule has 0 saturated carbocycles. The number of likely N-dealkylation sites (tertiary alicyclic amines) is 1. The van der Waals surface area contributed by atoms with Gasteiger partial charge in [-0.2, -0.15) is 0 Å². The molecule has 0 bridgehead atoms. The lowest BCUT2D eigenvalue weighted by atomic mass is 9.96. The van der Waals surface area contributed by atoms with Crippen molar-refractivity contribution >= 4 is 39.2 Å². The van der Waals surface area contributed by atoms with Gasteiger partial charge in [0.15, 0.2) is 0 Å². The fourth-order valence-electron chi connectivity index (χ4n) is 3.21. The number of carbonyl (C=O) groups is 2. The van der Waals surface area contributed by atoms with Crippen LogP contribution in [0.5, 0.6) is 0 Å². The number of rotatable bonds is 5. The van der Waals surface area contributed by atoms with Crippen molar-refractivity contribution in [1.29, 1.82) is 0 Å². The third-order valence-corrected chi connectivity index (χ3v) is 5.12. The maximum absolute atomic E-state index is 12.7. The Bertz CT molecular complexity index is 888. The van der Waals surface area contributed by atoms with E-state index in [1.807, 2.05) is 0 Å². The number of hydrogen-bond acceptors (Lipinski definition) is 5. The Labute approximate surface area is 170 Å². The Morgan fingerprint density at radius 2 is 2.07 bits per heavy atom. The number of nitro benzene ring substituents is 1. The molecule has 28 heavy (non-hydrogen) atoms. The standard InChI is InChI=1S/C19H19BrN4O4/c20-15-7-8-17(21-11-15)22-19(26)14-5-3-9-23(12-14)18(25)10-13-4-1-2-6-16(13)24(27)28/h1-2,4,6-8,11,14H,3,5,9-10,12H2,(H,21,22,26)/t14-/m1/s1. The lowest BCUT2D eigenvalue weighted by Gasteiger charge is -2.32. The van der Waals surface area contributed by atoms with Gasteiger partial charge in [0.1, 0.15) is 5.82 Å². The number of amides is 2. The molecule has 146 valence electrons. The van der Waals surface area contributed by atoms with Gasteiger partial charge in [0.05, 0.1) is 17.3 Å². The molecule has 1 atom stereocenters. The molecule has 1 aliphatic rings. The van der Waals surface area contributed by atoms with Crippen LogP contribution in [-0.2, 0) is 16.0 Å². The molecular formula is C19H19BrN4O4. The number of benzene rings is 1. The van der Waals surface area contributed by atoms with Crippen molar-refractivity contribution in [3.63, 3.8) is 0 Å². The first kappa shape index (κ1) is 19.9. The first-order chi connectivity index (χ1) is 13.4. The predicted octanol–water partition coefficient (Wildman–Crippen LogP) is 3.17. The van der Waals surface area contributed by atoms with E-state index < -0.39 is 4.92 Å². The number of aromatic nitrogens is 1. The zero-order valence-electron chi connectivity index (χ0n) is 15.0. The summed E-state index contributed by atoms with van der Waals surface area (Å²) in [4.78, 5) is 41.6. The average Bonchev–Trinajstić information content (AvgIpc) is 2.70. The predicted molar refractivity (Wildman–Crippen MR) is 107 cm³/mol. The van der Waals surface area contributed by atoms with Gasteiger partial charge in [0.25, 0.3) is 5.69 Å². The van der Waals surface area contributed by atoms with Gasteiger partial charge >= 0.3 is 0 Å². The molecule has 2 heterocycles. The third-order valence-electron chi connectivity index (χ3n) is 4.65. The quantitative estimate of drug-likeness (QED) is 0.560. The van der Waals surface area contributed by atoms with Crippen LogP contribution in [0.2, 0.25) is 0 Å². The summed E-state index contributed by atoms with van der Waals surface area (Å²) in [5.74, 6) is -0.281. The molecule has 8 nitrogen and oxygen atoms in total. The summed E-state index contributed by atoms with van der Waals surface area (Å²) < 4.78 is 0.815. The van der Waals surface area contributed by atoms with Crippen LogP contribution in [0.15, 0.2) is 47.1 Å². The lowest BCUT2D eigenvalue weighted by molar-refractivity contribution is -0.385. The Balaban J connectivity index is 1.62. The fourth-order valence-corrected chi connectivity index (χ4v) is 3.44. The number of nitrogens with one attached hydrogen (secondary N) is 1. The van der Waals surface area contributed by atoms with Crippen molar-refractivity contribution in [1.82, 2.24) is 9.88 Å². The van der Waals surface area contributed by atoms with Crippen molar-refractivity contribution in [3.05, 3.63) is 62.7 Å². The largest absolute Gasteiger partial charge is 0.342 e. The summed E-state index contributed by atoms with van der Waals surface area (Å²) in [7, 11) is 0. The number of para-hydroxylation sites is 1. The fraction of sp³-hybridized carbons (Fsp3) is 0.316. The number of carbonyl (C=O) groups excluding carboxylic acids is 2. The van der Waals surface area contributed by atoms with Crippen molar-refractivity contribution in [2.45, 2.75) is 19.3 Å². The molecule has 1 aliphatic heterocycles. The van der Waals surface area contributed by atoms with E-state index in [9.17, 15) is 19.7 Å². The van der Waals surface area contributed by atoms with Crippen molar-refractivity contribution in [2.75, 3.05) is 18.4 Å². The topological polar surface area (TPSA) is 105 Å². The monoisotopic (exact) mass is 446 g/mol. The van der Waals surface area contributed by atoms with E-state index in [-0.39, 0.29) is 29.8 Å². The summed E-state index contributed by atoms with van der Waals surface area (Å²) in [6, 6.07) is 9.70. The number of piperidine rings is 1. The van der Waals surface area contributed by atoms with E-state index in [0.717, 1.165) is 4.47 Å². The Morgan fingerprint density at radius 1 is 1.29 bits per heavy atom. The van der Waals surface area contributed by atoms with Gasteiger partial charge in [-0.1, -0.05) is 18.2 Å². The molecule has 1 aromatic heterocycles. The van der Waals surface area contributed by atoms with E-state index in [0.29, 0.717) is 37.3 Å². The van der Waals surface area contributed by atoms with E-state index in [1.165, 1.54) is 6.07 Å². The number of hydrogen-bond donors (Lipinski definition) is 1. The Kier molecular flexibility index (Phi) is 6.35. The van der Waals surface area contributed by atoms with Crippen molar-refractivity contribution < 1.29 is 14.5 Å². The van der Waals surface area contributed by atoms with Gasteiger partial charge in [-0.25, -0.2) is 4.98 Å². The molecule has 1 N–H and O–H groups in total. The van der Waals surface area contributed by atoms with Crippen LogP contribution >= 0.6 is 15.9 Å². The Morgan fingerprint density at radius 3 is 2.79 bits per heavy atom. The molecule has 3 rings (SSSR count). The van der Waals surface area contributed by atoms with Crippen LogP contribution in [0.25, 0.3) is 0 Å². The van der Waals surface area contributed by atoms with E-state index in [2.05, 4.69) is 26.2 Å². The molecule has 0 spiro atoms. The number of anilines is 1. The highest BCUT2D eigenvalue weighted by atomic mass is 79.9. The highest BCUT2D eigenvalue weighted by Gasteiger charge is 2.29. The third kappa shape index (κ3) is 4.92. The molecule has 2 aromatic rings. The summed E-state index contributed by atoms with van der Waals surface area (Å²) in [5.41, 5.74) is 0.312. The van der Waals surface area contributed by atoms with Crippen LogP contribution < -0.4 is 5.32 Å². The smallest absolute Gasteiger partial charge is 0.273 e. The molecular weight excluding hydrogens is 428 g/mol. The SMILES string of the molecule is O=C(Nc1ccc(Br)cn1)[C@@H]1CCCN(C(=O)Cc2ccccc2[N+](=O)[O-])C1. The summed E-state index contributed by atoms with van der Waals surface area (Å²) in [6.07, 6.45) is 2.92. The first-order valence-electron chi connectivity index (χ1n) is 8.86. The second kappa shape index (κ2) is 8.92. The van der Waals surface area contributed by atoms with Crippen LogP contribution in [-0.4, -0.2) is 39.7 Å². The zero-order valence-corrected chi connectivity index (χ0v) is 16.6. The minimum Gasteiger partial charge on any atom is -0.342 e. The molecule has 0 unspecified atom stereocenters. The normalized spacial score (nSPS) is 16.5. The van der Waals surface area contributed by atoms with Crippen molar-refractivity contribution in [3.8, 4) is 0 Å². The summed E-state index contributed by atoms with van der Waals surface area (Å²) in [6.45, 7) is 0.835.